The molecule has 0 aliphatic carbocycles. The Hall–Kier alpha value is -2.76. The van der Waals surface area contributed by atoms with Crippen molar-refractivity contribution in [2.24, 2.45) is 0 Å². The normalized spacial score (nSPS) is 10.1. The molecular formula is C15H11FNO4. The molecule has 0 saturated heterocycles. The molecule has 5 nitrogen and oxygen atoms in total. The third-order valence-corrected chi connectivity index (χ3v) is 2.68. The highest BCUT2D eigenvalue weighted by atomic mass is 19.1. The Balaban J connectivity index is 1.86. The van der Waals surface area contributed by atoms with Crippen molar-refractivity contribution in [1.29, 1.82) is 0 Å². The minimum absolute atomic E-state index is 0.00845. The van der Waals surface area contributed by atoms with E-state index in [1.165, 1.54) is 55.0 Å². The molecule has 2 aromatic rings. The van der Waals surface area contributed by atoms with Crippen molar-refractivity contribution in [3.63, 3.8) is 0 Å². The van der Waals surface area contributed by atoms with Crippen LogP contribution in [0.15, 0.2) is 48.5 Å². The average Bonchev–Trinajstić information content (AvgIpc) is 2.48. The van der Waals surface area contributed by atoms with Gasteiger partial charge < -0.3 is 4.74 Å². The first-order valence-electron chi connectivity index (χ1n) is 6.05. The zero-order valence-electron chi connectivity index (χ0n) is 10.9. The minimum atomic E-state index is -0.569. The molecule has 21 heavy (non-hydrogen) atoms. The molecular weight excluding hydrogens is 277 g/mol. The van der Waals surface area contributed by atoms with Crippen molar-refractivity contribution in [2.75, 3.05) is 0 Å². The number of ether oxygens (including phenoxy) is 1. The Morgan fingerprint density at radius 3 is 2.33 bits per heavy atom. The Morgan fingerprint density at radius 2 is 1.76 bits per heavy atom. The summed E-state index contributed by atoms with van der Waals surface area (Å²) < 4.78 is 17.7. The Morgan fingerprint density at radius 1 is 1.14 bits per heavy atom. The monoisotopic (exact) mass is 288 g/mol. The maximum absolute atomic E-state index is 12.7. The highest BCUT2D eigenvalue weighted by molar-refractivity contribution is 5.83. The van der Waals surface area contributed by atoms with Crippen LogP contribution in [-0.4, -0.2) is 10.9 Å². The van der Waals surface area contributed by atoms with Crippen molar-refractivity contribution in [3.05, 3.63) is 82.0 Å². The fraction of sp³-hybridized carbons (Fsp3) is 0.0667. The molecule has 0 N–H and O–H groups in total. The molecule has 0 aliphatic heterocycles. The van der Waals surface area contributed by atoms with E-state index in [1.54, 1.807) is 0 Å². The second kappa shape index (κ2) is 6.60. The highest BCUT2D eigenvalue weighted by Gasteiger charge is 2.08. The molecule has 6 heteroatoms. The number of hydrogen-bond acceptors (Lipinski definition) is 4. The van der Waals surface area contributed by atoms with E-state index in [1.807, 2.05) is 0 Å². The number of carbonyl (C=O) groups is 1. The number of nitrogens with zero attached hydrogens (tertiary/aromatic N) is 1. The van der Waals surface area contributed by atoms with Crippen molar-refractivity contribution in [3.8, 4) is 0 Å². The molecule has 0 saturated carbocycles. The van der Waals surface area contributed by atoms with Crippen LogP contribution in [-0.2, 0) is 16.1 Å². The van der Waals surface area contributed by atoms with Crippen molar-refractivity contribution in [1.82, 2.24) is 0 Å². The minimum Gasteiger partial charge on any atom is -0.460 e. The fourth-order valence-corrected chi connectivity index (χ4v) is 1.61. The summed E-state index contributed by atoms with van der Waals surface area (Å²) in [5.41, 5.74) is 1.15. The number of hydrogen-bond donors (Lipinski definition) is 0. The van der Waals surface area contributed by atoms with Gasteiger partial charge in [0.2, 0.25) is 0 Å². The molecule has 0 bridgehead atoms. The van der Waals surface area contributed by atoms with Crippen molar-refractivity contribution >= 4 is 11.7 Å². The van der Waals surface area contributed by atoms with Gasteiger partial charge in [0.1, 0.15) is 12.4 Å². The molecule has 0 unspecified atom stereocenters. The summed E-state index contributed by atoms with van der Waals surface area (Å²) >= 11 is 0. The quantitative estimate of drug-likeness (QED) is 0.481. The number of carbonyl (C=O) groups excluding carboxylic acids is 1. The molecule has 0 atom stereocenters. The molecule has 0 amide bonds. The van der Waals surface area contributed by atoms with Crippen LogP contribution in [0.25, 0.3) is 0 Å². The predicted octanol–water partition coefficient (Wildman–Crippen LogP) is 3.03. The molecule has 0 aromatic heterocycles. The number of esters is 1. The number of non-ortho nitro benzene ring substituents is 1. The second-order valence-corrected chi connectivity index (χ2v) is 4.23. The van der Waals surface area contributed by atoms with Gasteiger partial charge in [-0.25, -0.2) is 4.39 Å². The number of rotatable bonds is 5. The smallest absolute Gasteiger partial charge is 0.314 e. The van der Waals surface area contributed by atoms with Crippen LogP contribution in [0, 0.1) is 22.4 Å². The van der Waals surface area contributed by atoms with Gasteiger partial charge in [-0.2, -0.15) is 0 Å². The Bertz CT molecular complexity index is 638. The zero-order valence-corrected chi connectivity index (χ0v) is 10.9. The molecule has 0 spiro atoms. The summed E-state index contributed by atoms with van der Waals surface area (Å²) in [6.07, 6.45) is 1.24. The van der Waals surface area contributed by atoms with Crippen LogP contribution in [0.4, 0.5) is 10.1 Å². The Kier molecular flexibility index (Phi) is 4.61. The largest absolute Gasteiger partial charge is 0.460 e. The molecule has 1 radical (unpaired) electrons. The topological polar surface area (TPSA) is 69.4 Å². The molecule has 0 aliphatic rings. The van der Waals surface area contributed by atoms with E-state index in [2.05, 4.69) is 0 Å². The van der Waals surface area contributed by atoms with Gasteiger partial charge in [0.25, 0.3) is 5.69 Å². The first-order valence-corrected chi connectivity index (χ1v) is 6.05. The lowest BCUT2D eigenvalue weighted by Gasteiger charge is -2.04. The van der Waals surface area contributed by atoms with Crippen LogP contribution < -0.4 is 0 Å². The van der Waals surface area contributed by atoms with E-state index in [9.17, 15) is 19.3 Å². The fourth-order valence-electron chi connectivity index (χ4n) is 1.61. The van der Waals surface area contributed by atoms with Gasteiger partial charge in [-0.3, -0.25) is 14.9 Å². The maximum atomic E-state index is 12.7. The van der Waals surface area contributed by atoms with Gasteiger partial charge in [-0.05, 0) is 35.4 Å². The van der Waals surface area contributed by atoms with Gasteiger partial charge in [-0.15, -0.1) is 0 Å². The van der Waals surface area contributed by atoms with E-state index < -0.39 is 10.9 Å². The second-order valence-electron chi connectivity index (χ2n) is 4.23. The maximum Gasteiger partial charge on any atom is 0.314 e. The Labute approximate surface area is 120 Å². The third-order valence-electron chi connectivity index (χ3n) is 2.68. The molecule has 2 rings (SSSR count). The van der Waals surface area contributed by atoms with Gasteiger partial charge in [0.05, 0.1) is 11.3 Å². The van der Waals surface area contributed by atoms with Crippen LogP contribution >= 0.6 is 0 Å². The molecule has 0 fully saturated rings. The third kappa shape index (κ3) is 4.38. The van der Waals surface area contributed by atoms with E-state index in [0.717, 1.165) is 0 Å². The number of benzene rings is 2. The van der Waals surface area contributed by atoms with E-state index in [-0.39, 0.29) is 18.1 Å². The molecule has 107 valence electrons. The lowest BCUT2D eigenvalue weighted by Crippen LogP contribution is -2.06. The number of nitro benzene ring substituents is 1. The molecule has 2 aromatic carbocycles. The number of nitro groups is 1. The van der Waals surface area contributed by atoms with Crippen LogP contribution in [0.1, 0.15) is 11.1 Å². The van der Waals surface area contributed by atoms with Gasteiger partial charge in [0.15, 0.2) is 0 Å². The van der Waals surface area contributed by atoms with Crippen LogP contribution in [0.5, 0.6) is 0 Å². The predicted molar refractivity (Wildman–Crippen MR) is 72.7 cm³/mol. The van der Waals surface area contributed by atoms with E-state index in [0.29, 0.717) is 11.1 Å². The first kappa shape index (κ1) is 14.6. The summed E-state index contributed by atoms with van der Waals surface area (Å²) in [5.74, 6) is -0.952. The summed E-state index contributed by atoms with van der Waals surface area (Å²) in [6.45, 7) is 0.00845. The summed E-state index contributed by atoms with van der Waals surface area (Å²) in [4.78, 5) is 21.6. The zero-order chi connectivity index (χ0) is 15.2. The average molecular weight is 288 g/mol. The van der Waals surface area contributed by atoms with E-state index in [4.69, 9.17) is 4.74 Å². The summed E-state index contributed by atoms with van der Waals surface area (Å²) in [5, 5.41) is 10.5. The van der Waals surface area contributed by atoms with Crippen LogP contribution in [0.2, 0.25) is 0 Å². The SMILES string of the molecule is O=C([CH]c1ccc(F)cc1)OCc1ccc([N+](=O)[O-])cc1. The lowest BCUT2D eigenvalue weighted by atomic mass is 10.1. The van der Waals surface area contributed by atoms with Crippen molar-refractivity contribution < 1.29 is 18.8 Å². The van der Waals surface area contributed by atoms with Crippen molar-refractivity contribution in [2.45, 2.75) is 6.61 Å². The number of halogens is 1. The molecule has 0 heterocycles. The lowest BCUT2D eigenvalue weighted by molar-refractivity contribution is -0.384. The van der Waals surface area contributed by atoms with Gasteiger partial charge >= 0.3 is 5.97 Å². The van der Waals surface area contributed by atoms with Gasteiger partial charge in [0, 0.05) is 12.1 Å². The first-order chi connectivity index (χ1) is 10.0. The van der Waals surface area contributed by atoms with Gasteiger partial charge in [-0.1, -0.05) is 12.1 Å². The standard InChI is InChI=1S/C15H11FNO4/c16-13-5-1-11(2-6-13)9-15(18)21-10-12-3-7-14(8-4-12)17(19)20/h1-9H,10H2. The highest BCUT2D eigenvalue weighted by Crippen LogP contribution is 2.13. The van der Waals surface area contributed by atoms with Crippen LogP contribution in [0.3, 0.4) is 0 Å². The van der Waals surface area contributed by atoms with E-state index >= 15 is 0 Å². The summed E-state index contributed by atoms with van der Waals surface area (Å²) in [7, 11) is 0. The summed E-state index contributed by atoms with van der Waals surface area (Å²) in [6, 6.07) is 11.1.